The van der Waals surface area contributed by atoms with Gasteiger partial charge in [-0.3, -0.25) is 5.10 Å². The number of hydrogen-bond acceptors (Lipinski definition) is 2. The third-order valence-electron chi connectivity index (χ3n) is 2.65. The molecule has 4 heteroatoms. The molecule has 1 aromatic carbocycles. The van der Waals surface area contributed by atoms with Crippen molar-refractivity contribution in [3.8, 4) is 11.3 Å². The number of nitrogens with one attached hydrogen (secondary N) is 1. The Bertz CT molecular complexity index is 508. The second-order valence-electron chi connectivity index (χ2n) is 3.87. The van der Waals surface area contributed by atoms with Crippen molar-refractivity contribution in [1.29, 1.82) is 0 Å². The predicted octanol–water partition coefficient (Wildman–Crippen LogP) is 3.58. The van der Waals surface area contributed by atoms with Crippen LogP contribution in [0.1, 0.15) is 18.1 Å². The molecule has 0 radical (unpaired) electrons. The van der Waals surface area contributed by atoms with Gasteiger partial charge in [0.25, 0.3) is 0 Å². The number of hydrogen-bond donors (Lipinski definition) is 1. The Morgan fingerprint density at radius 2 is 2.24 bits per heavy atom. The zero-order valence-electron chi connectivity index (χ0n) is 9.96. The Morgan fingerprint density at radius 1 is 1.41 bits per heavy atom. The predicted molar refractivity (Wildman–Crippen MR) is 69.1 cm³/mol. The van der Waals surface area contributed by atoms with Crippen molar-refractivity contribution in [2.75, 3.05) is 6.61 Å². The van der Waals surface area contributed by atoms with Gasteiger partial charge in [0.15, 0.2) is 0 Å². The molecule has 1 heterocycles. The topological polar surface area (TPSA) is 37.9 Å². The first-order valence-electron chi connectivity index (χ1n) is 5.59. The molecule has 0 atom stereocenters. The molecule has 17 heavy (non-hydrogen) atoms. The van der Waals surface area contributed by atoms with Crippen LogP contribution in [0.15, 0.2) is 24.4 Å². The van der Waals surface area contributed by atoms with Gasteiger partial charge in [-0.05, 0) is 31.5 Å². The minimum absolute atomic E-state index is 0.564. The fourth-order valence-electron chi connectivity index (χ4n) is 1.73. The van der Waals surface area contributed by atoms with Crippen molar-refractivity contribution in [3.63, 3.8) is 0 Å². The number of rotatable bonds is 4. The highest BCUT2D eigenvalue weighted by Gasteiger charge is 2.10. The molecule has 0 amide bonds. The Kier molecular flexibility index (Phi) is 3.82. The first-order valence-corrected chi connectivity index (χ1v) is 5.96. The van der Waals surface area contributed by atoms with Gasteiger partial charge in [-0.15, -0.1) is 0 Å². The zero-order chi connectivity index (χ0) is 12.3. The van der Waals surface area contributed by atoms with Crippen molar-refractivity contribution in [1.82, 2.24) is 10.2 Å². The van der Waals surface area contributed by atoms with Crippen LogP contribution in [0.25, 0.3) is 11.3 Å². The lowest BCUT2D eigenvalue weighted by Crippen LogP contribution is -1.94. The minimum atomic E-state index is 0.564. The number of aryl methyl sites for hydroxylation is 1. The molecule has 0 aliphatic rings. The summed E-state index contributed by atoms with van der Waals surface area (Å²) in [6.07, 6.45) is 1.80. The van der Waals surface area contributed by atoms with Crippen molar-refractivity contribution in [2.45, 2.75) is 20.5 Å². The Balaban J connectivity index is 2.38. The van der Waals surface area contributed by atoms with Gasteiger partial charge in [-0.25, -0.2) is 0 Å². The van der Waals surface area contributed by atoms with E-state index in [0.717, 1.165) is 27.4 Å². The SMILES string of the molecule is CCOCc1cn[nH]c1-c1cc(Cl)ccc1C. The van der Waals surface area contributed by atoms with E-state index >= 15 is 0 Å². The van der Waals surface area contributed by atoms with E-state index < -0.39 is 0 Å². The zero-order valence-corrected chi connectivity index (χ0v) is 10.7. The van der Waals surface area contributed by atoms with Crippen molar-refractivity contribution in [3.05, 3.63) is 40.5 Å². The number of H-pyrrole nitrogens is 1. The molecular formula is C13H15ClN2O. The summed E-state index contributed by atoms with van der Waals surface area (Å²) in [7, 11) is 0. The summed E-state index contributed by atoms with van der Waals surface area (Å²) in [4.78, 5) is 0. The van der Waals surface area contributed by atoms with Crippen molar-refractivity contribution in [2.24, 2.45) is 0 Å². The molecule has 0 bridgehead atoms. The molecule has 0 saturated carbocycles. The summed E-state index contributed by atoms with van der Waals surface area (Å²) in [5.41, 5.74) is 4.27. The van der Waals surface area contributed by atoms with Crippen LogP contribution in [-0.4, -0.2) is 16.8 Å². The average Bonchev–Trinajstić information content (AvgIpc) is 2.77. The number of aromatic amines is 1. The van der Waals surface area contributed by atoms with Gasteiger partial charge >= 0.3 is 0 Å². The molecule has 3 nitrogen and oxygen atoms in total. The smallest absolute Gasteiger partial charge is 0.0753 e. The summed E-state index contributed by atoms with van der Waals surface area (Å²) < 4.78 is 5.42. The second kappa shape index (κ2) is 5.34. The third-order valence-corrected chi connectivity index (χ3v) is 2.88. The molecule has 0 aliphatic carbocycles. The number of halogens is 1. The normalized spacial score (nSPS) is 10.8. The Labute approximate surface area is 106 Å². The van der Waals surface area contributed by atoms with E-state index in [9.17, 15) is 0 Å². The molecule has 2 aromatic rings. The van der Waals surface area contributed by atoms with Crippen LogP contribution in [-0.2, 0) is 11.3 Å². The van der Waals surface area contributed by atoms with Gasteiger partial charge < -0.3 is 4.74 Å². The highest BCUT2D eigenvalue weighted by atomic mass is 35.5. The fourth-order valence-corrected chi connectivity index (χ4v) is 1.90. The molecule has 2 rings (SSSR count). The van der Waals surface area contributed by atoms with Gasteiger partial charge in [0.2, 0.25) is 0 Å². The van der Waals surface area contributed by atoms with E-state index in [0.29, 0.717) is 13.2 Å². The van der Waals surface area contributed by atoms with Crippen LogP contribution in [0.5, 0.6) is 0 Å². The standard InChI is InChI=1S/C13H15ClN2O/c1-3-17-8-10-7-15-16-13(10)12-6-11(14)5-4-9(12)2/h4-7H,3,8H2,1-2H3,(H,15,16). The Morgan fingerprint density at radius 3 is 3.00 bits per heavy atom. The van der Waals surface area contributed by atoms with Gasteiger partial charge in [-0.2, -0.15) is 5.10 Å². The number of benzene rings is 1. The summed E-state index contributed by atoms with van der Waals surface area (Å²) >= 11 is 6.02. The van der Waals surface area contributed by atoms with Crippen LogP contribution in [0.2, 0.25) is 5.02 Å². The lowest BCUT2D eigenvalue weighted by Gasteiger charge is -2.07. The van der Waals surface area contributed by atoms with Crippen LogP contribution in [0, 0.1) is 6.92 Å². The average molecular weight is 251 g/mol. The summed E-state index contributed by atoms with van der Waals surface area (Å²) in [5, 5.41) is 7.81. The lowest BCUT2D eigenvalue weighted by molar-refractivity contribution is 0.134. The number of nitrogens with zero attached hydrogens (tertiary/aromatic N) is 1. The maximum Gasteiger partial charge on any atom is 0.0753 e. The van der Waals surface area contributed by atoms with E-state index in [1.807, 2.05) is 25.1 Å². The van der Waals surface area contributed by atoms with Crippen LogP contribution >= 0.6 is 11.6 Å². The monoisotopic (exact) mass is 250 g/mol. The van der Waals surface area contributed by atoms with Crippen molar-refractivity contribution < 1.29 is 4.74 Å². The summed E-state index contributed by atoms with van der Waals surface area (Å²) in [6, 6.07) is 5.84. The minimum Gasteiger partial charge on any atom is -0.377 e. The van der Waals surface area contributed by atoms with Crippen LogP contribution in [0.4, 0.5) is 0 Å². The molecule has 0 aliphatic heterocycles. The largest absolute Gasteiger partial charge is 0.377 e. The van der Waals surface area contributed by atoms with Gasteiger partial charge in [-0.1, -0.05) is 17.7 Å². The van der Waals surface area contributed by atoms with Crippen LogP contribution < -0.4 is 0 Å². The van der Waals surface area contributed by atoms with E-state index in [2.05, 4.69) is 17.1 Å². The van der Waals surface area contributed by atoms with Gasteiger partial charge in [0.1, 0.15) is 0 Å². The molecule has 1 aromatic heterocycles. The number of aromatic nitrogens is 2. The van der Waals surface area contributed by atoms with E-state index in [4.69, 9.17) is 16.3 Å². The first-order chi connectivity index (χ1) is 8.22. The fraction of sp³-hybridized carbons (Fsp3) is 0.308. The molecule has 0 spiro atoms. The Hall–Kier alpha value is -1.32. The van der Waals surface area contributed by atoms with Crippen molar-refractivity contribution >= 4 is 11.6 Å². The van der Waals surface area contributed by atoms with Crippen LogP contribution in [0.3, 0.4) is 0 Å². The highest BCUT2D eigenvalue weighted by molar-refractivity contribution is 6.30. The first kappa shape index (κ1) is 12.1. The molecule has 0 saturated heterocycles. The molecule has 1 N–H and O–H groups in total. The molecule has 0 fully saturated rings. The molecule has 90 valence electrons. The number of ether oxygens (including phenoxy) is 1. The maximum atomic E-state index is 6.02. The third kappa shape index (κ3) is 2.68. The van der Waals surface area contributed by atoms with E-state index in [1.165, 1.54) is 0 Å². The second-order valence-corrected chi connectivity index (χ2v) is 4.30. The lowest BCUT2D eigenvalue weighted by atomic mass is 10.0. The highest BCUT2D eigenvalue weighted by Crippen LogP contribution is 2.27. The molecular weight excluding hydrogens is 236 g/mol. The summed E-state index contributed by atoms with van der Waals surface area (Å²) in [5.74, 6) is 0. The quantitative estimate of drug-likeness (QED) is 0.901. The molecule has 0 unspecified atom stereocenters. The van der Waals surface area contributed by atoms with Gasteiger partial charge in [0.05, 0.1) is 18.5 Å². The van der Waals surface area contributed by atoms with Gasteiger partial charge in [0, 0.05) is 22.8 Å². The maximum absolute atomic E-state index is 6.02. The summed E-state index contributed by atoms with van der Waals surface area (Å²) in [6.45, 7) is 5.29. The van der Waals surface area contributed by atoms with E-state index in [1.54, 1.807) is 6.20 Å². The van der Waals surface area contributed by atoms with E-state index in [-0.39, 0.29) is 0 Å².